The molecule has 0 radical (unpaired) electrons. The number of aldehydes is 1. The number of hydrogen-bond donors (Lipinski definition) is 0. The Morgan fingerprint density at radius 3 is 2.41 bits per heavy atom. The number of allylic oxidation sites excluding steroid dienone is 2. The van der Waals surface area contributed by atoms with Crippen molar-refractivity contribution in [2.75, 3.05) is 0 Å². The van der Waals surface area contributed by atoms with E-state index in [9.17, 15) is 9.59 Å². The van der Waals surface area contributed by atoms with Crippen molar-refractivity contribution in [2.45, 2.75) is 33.6 Å². The summed E-state index contributed by atoms with van der Waals surface area (Å²) >= 11 is 0. The first-order valence-electron chi connectivity index (χ1n) is 5.74. The van der Waals surface area contributed by atoms with Gasteiger partial charge in [0, 0.05) is 17.0 Å². The second-order valence-electron chi connectivity index (χ2n) is 4.27. The Morgan fingerprint density at radius 1 is 1.29 bits per heavy atom. The van der Waals surface area contributed by atoms with Gasteiger partial charge in [-0.1, -0.05) is 30.7 Å². The lowest BCUT2D eigenvalue weighted by atomic mass is 9.88. The summed E-state index contributed by atoms with van der Waals surface area (Å²) in [6.45, 7) is 7.58. The van der Waals surface area contributed by atoms with Crippen LogP contribution in [0.25, 0.3) is 0 Å². The van der Waals surface area contributed by atoms with Gasteiger partial charge in [-0.05, 0) is 32.4 Å². The van der Waals surface area contributed by atoms with Crippen LogP contribution >= 0.6 is 0 Å². The Morgan fingerprint density at radius 2 is 1.94 bits per heavy atom. The number of benzene rings is 1. The molecule has 0 spiro atoms. The number of carbonyl (C=O) groups is 2. The smallest absolute Gasteiger partial charge is 0.159 e. The normalized spacial score (nSPS) is 13.3. The lowest BCUT2D eigenvalue weighted by Crippen LogP contribution is -2.03. The summed E-state index contributed by atoms with van der Waals surface area (Å²) in [5.41, 5.74) is 3.42. The minimum Gasteiger partial charge on any atom is -0.298 e. The maximum Gasteiger partial charge on any atom is 0.159 e. The van der Waals surface area contributed by atoms with E-state index < -0.39 is 0 Å². The largest absolute Gasteiger partial charge is 0.298 e. The van der Waals surface area contributed by atoms with Crippen LogP contribution in [-0.4, -0.2) is 12.1 Å². The fraction of sp³-hybridized carbons (Fsp3) is 0.333. The molecule has 90 valence electrons. The van der Waals surface area contributed by atoms with E-state index >= 15 is 0 Å². The molecule has 1 atom stereocenters. The predicted molar refractivity (Wildman–Crippen MR) is 69.7 cm³/mol. The number of Topliss-reactive ketones (excluding diaryl/α,β-unsaturated/α-hetero) is 1. The molecule has 0 bridgehead atoms. The van der Waals surface area contributed by atoms with Gasteiger partial charge in [-0.15, -0.1) is 0 Å². The van der Waals surface area contributed by atoms with E-state index in [0.717, 1.165) is 11.8 Å². The average Bonchev–Trinajstić information content (AvgIpc) is 2.35. The molecule has 2 heteroatoms. The van der Waals surface area contributed by atoms with Crippen molar-refractivity contribution in [3.05, 3.63) is 46.5 Å². The molecule has 0 heterocycles. The van der Waals surface area contributed by atoms with E-state index in [1.165, 1.54) is 12.5 Å². The van der Waals surface area contributed by atoms with Crippen LogP contribution in [-0.2, 0) is 0 Å². The lowest BCUT2D eigenvalue weighted by molar-refractivity contribution is 0.101. The van der Waals surface area contributed by atoms with E-state index in [-0.39, 0.29) is 11.7 Å². The molecule has 1 aromatic rings. The highest BCUT2D eigenvalue weighted by Gasteiger charge is 2.13. The maximum atomic E-state index is 11.4. The van der Waals surface area contributed by atoms with E-state index in [0.29, 0.717) is 11.1 Å². The van der Waals surface area contributed by atoms with Crippen molar-refractivity contribution in [3.8, 4) is 0 Å². The Bertz CT molecular complexity index is 470. The third kappa shape index (κ3) is 2.90. The van der Waals surface area contributed by atoms with Crippen molar-refractivity contribution < 1.29 is 9.59 Å². The Labute approximate surface area is 102 Å². The first kappa shape index (κ1) is 13.4. The third-order valence-electron chi connectivity index (χ3n) is 3.23. The standard InChI is InChI=1S/C15H18O2/c1-5-10(2)11(3)15-8-13(12(4)17)6-7-14(15)9-16/h5-9,11H,1-4H3/b10-5+. The molecular formula is C15H18O2. The van der Waals surface area contributed by atoms with Crippen LogP contribution in [0.5, 0.6) is 0 Å². The predicted octanol–water partition coefficient (Wildman–Crippen LogP) is 3.77. The lowest BCUT2D eigenvalue weighted by Gasteiger charge is -2.15. The van der Waals surface area contributed by atoms with Gasteiger partial charge in [0.15, 0.2) is 5.78 Å². The fourth-order valence-electron chi connectivity index (χ4n) is 1.77. The van der Waals surface area contributed by atoms with Crippen LogP contribution in [0.1, 0.15) is 59.9 Å². The zero-order valence-electron chi connectivity index (χ0n) is 10.8. The highest BCUT2D eigenvalue weighted by Crippen LogP contribution is 2.27. The molecule has 0 fully saturated rings. The van der Waals surface area contributed by atoms with Gasteiger partial charge in [-0.25, -0.2) is 0 Å². The highest BCUT2D eigenvalue weighted by molar-refractivity contribution is 5.95. The summed E-state index contributed by atoms with van der Waals surface area (Å²) in [7, 11) is 0. The topological polar surface area (TPSA) is 34.1 Å². The zero-order chi connectivity index (χ0) is 13.0. The van der Waals surface area contributed by atoms with E-state index in [2.05, 4.69) is 0 Å². The summed E-state index contributed by atoms with van der Waals surface area (Å²) in [6.07, 6.45) is 2.87. The van der Waals surface area contributed by atoms with Gasteiger partial charge in [0.1, 0.15) is 6.29 Å². The number of ketones is 1. The molecule has 0 amide bonds. The van der Waals surface area contributed by atoms with Gasteiger partial charge < -0.3 is 0 Å². The fourth-order valence-corrected chi connectivity index (χ4v) is 1.77. The molecule has 0 N–H and O–H groups in total. The minimum absolute atomic E-state index is 0.0223. The molecule has 0 saturated heterocycles. The van der Waals surface area contributed by atoms with Crippen LogP contribution in [0.15, 0.2) is 29.8 Å². The van der Waals surface area contributed by atoms with Crippen LogP contribution in [0, 0.1) is 0 Å². The number of hydrogen-bond acceptors (Lipinski definition) is 2. The summed E-state index contributed by atoms with van der Waals surface area (Å²) in [5.74, 6) is 0.175. The average molecular weight is 230 g/mol. The Hall–Kier alpha value is -1.70. The first-order chi connectivity index (χ1) is 8.01. The second-order valence-corrected chi connectivity index (χ2v) is 4.27. The molecular weight excluding hydrogens is 212 g/mol. The summed E-state index contributed by atoms with van der Waals surface area (Å²) in [5, 5.41) is 0. The van der Waals surface area contributed by atoms with Crippen LogP contribution in [0.3, 0.4) is 0 Å². The maximum absolute atomic E-state index is 11.4. The van der Waals surface area contributed by atoms with E-state index in [1.807, 2.05) is 32.9 Å². The second kappa shape index (κ2) is 5.58. The van der Waals surface area contributed by atoms with Crippen molar-refractivity contribution in [1.29, 1.82) is 0 Å². The Kier molecular flexibility index (Phi) is 4.38. The van der Waals surface area contributed by atoms with Crippen LogP contribution in [0.2, 0.25) is 0 Å². The molecule has 0 saturated carbocycles. The Balaban J connectivity index is 3.32. The van der Waals surface area contributed by atoms with Crippen molar-refractivity contribution in [3.63, 3.8) is 0 Å². The highest BCUT2D eigenvalue weighted by atomic mass is 16.1. The quantitative estimate of drug-likeness (QED) is 0.448. The van der Waals surface area contributed by atoms with Crippen LogP contribution < -0.4 is 0 Å². The summed E-state index contributed by atoms with van der Waals surface area (Å²) in [6, 6.07) is 5.25. The molecule has 0 aliphatic rings. The minimum atomic E-state index is 0.0223. The van der Waals surface area contributed by atoms with E-state index in [4.69, 9.17) is 0 Å². The molecule has 0 aromatic heterocycles. The summed E-state index contributed by atoms with van der Waals surface area (Å²) in [4.78, 5) is 22.4. The number of rotatable bonds is 4. The third-order valence-corrected chi connectivity index (χ3v) is 3.23. The molecule has 1 unspecified atom stereocenters. The zero-order valence-corrected chi connectivity index (χ0v) is 10.8. The van der Waals surface area contributed by atoms with Crippen LogP contribution in [0.4, 0.5) is 0 Å². The molecule has 0 aliphatic carbocycles. The first-order valence-corrected chi connectivity index (χ1v) is 5.74. The van der Waals surface area contributed by atoms with Crippen molar-refractivity contribution in [1.82, 2.24) is 0 Å². The summed E-state index contributed by atoms with van der Waals surface area (Å²) < 4.78 is 0. The van der Waals surface area contributed by atoms with Gasteiger partial charge in [0.05, 0.1) is 0 Å². The van der Waals surface area contributed by atoms with Gasteiger partial charge in [-0.3, -0.25) is 9.59 Å². The number of carbonyl (C=O) groups excluding carboxylic acids is 2. The van der Waals surface area contributed by atoms with Crippen molar-refractivity contribution >= 4 is 12.1 Å². The molecule has 17 heavy (non-hydrogen) atoms. The van der Waals surface area contributed by atoms with Crippen molar-refractivity contribution in [2.24, 2.45) is 0 Å². The molecule has 2 nitrogen and oxygen atoms in total. The van der Waals surface area contributed by atoms with E-state index in [1.54, 1.807) is 12.1 Å². The monoisotopic (exact) mass is 230 g/mol. The van der Waals surface area contributed by atoms with Gasteiger partial charge in [-0.2, -0.15) is 0 Å². The molecule has 1 aromatic carbocycles. The molecule has 1 rings (SSSR count). The van der Waals surface area contributed by atoms with Gasteiger partial charge in [0.25, 0.3) is 0 Å². The van der Waals surface area contributed by atoms with Gasteiger partial charge >= 0.3 is 0 Å². The van der Waals surface area contributed by atoms with Gasteiger partial charge in [0.2, 0.25) is 0 Å². The molecule has 0 aliphatic heterocycles. The SMILES string of the molecule is C/C=C(\C)C(C)c1cc(C(C)=O)ccc1C=O.